The van der Waals surface area contributed by atoms with Crippen molar-refractivity contribution in [3.8, 4) is 11.1 Å². The Labute approximate surface area is 272 Å². The predicted molar refractivity (Wildman–Crippen MR) is 183 cm³/mol. The molecule has 1 N–H and O–H groups in total. The van der Waals surface area contributed by atoms with Crippen molar-refractivity contribution in [2.45, 2.75) is 91.5 Å². The maximum absolute atomic E-state index is 15.8. The van der Waals surface area contributed by atoms with Crippen LogP contribution in [0.1, 0.15) is 96.4 Å². The zero-order chi connectivity index (χ0) is 33.9. The summed E-state index contributed by atoms with van der Waals surface area (Å²) in [6, 6.07) is 8.56. The van der Waals surface area contributed by atoms with Gasteiger partial charge >= 0.3 is 5.97 Å². The summed E-state index contributed by atoms with van der Waals surface area (Å²) in [7, 11) is 3.96. The molecule has 0 spiro atoms. The van der Waals surface area contributed by atoms with Gasteiger partial charge < -0.3 is 14.6 Å². The van der Waals surface area contributed by atoms with Gasteiger partial charge in [0.1, 0.15) is 11.9 Å². The Balaban J connectivity index is 1.73. The van der Waals surface area contributed by atoms with Gasteiger partial charge in [0.2, 0.25) is 0 Å². The molecule has 3 aromatic rings. The van der Waals surface area contributed by atoms with Gasteiger partial charge in [0.05, 0.1) is 6.42 Å². The molecule has 0 bridgehead atoms. The normalized spacial score (nSPS) is 14.8. The number of pyridine rings is 1. The third-order valence-electron chi connectivity index (χ3n) is 8.89. The van der Waals surface area contributed by atoms with Crippen molar-refractivity contribution >= 4 is 18.1 Å². The smallest absolute Gasteiger partial charge is 0.304 e. The number of carbonyl (C=O) groups is 2. The van der Waals surface area contributed by atoms with Crippen LogP contribution < -0.4 is 5.56 Å². The molecule has 7 nitrogen and oxygen atoms in total. The maximum atomic E-state index is 15.8. The first-order valence-electron chi connectivity index (χ1n) is 16.2. The Hall–Kier alpha value is -3.91. The molecule has 46 heavy (non-hydrogen) atoms. The summed E-state index contributed by atoms with van der Waals surface area (Å²) in [4.78, 5) is 45.2. The second kappa shape index (κ2) is 14.7. The number of aryl methyl sites for hydroxylation is 4. The van der Waals surface area contributed by atoms with E-state index in [1.807, 2.05) is 34.9 Å². The zero-order valence-electron chi connectivity index (χ0n) is 28.5. The van der Waals surface area contributed by atoms with Gasteiger partial charge in [0.25, 0.3) is 11.5 Å². The van der Waals surface area contributed by atoms with Crippen LogP contribution in [0.2, 0.25) is 0 Å². The summed E-state index contributed by atoms with van der Waals surface area (Å²) < 4.78 is 17.2. The maximum Gasteiger partial charge on any atom is 0.304 e. The van der Waals surface area contributed by atoms with Crippen molar-refractivity contribution in [2.24, 2.45) is 10.9 Å². The van der Waals surface area contributed by atoms with Crippen molar-refractivity contribution < 1.29 is 19.1 Å². The van der Waals surface area contributed by atoms with Crippen LogP contribution in [0.3, 0.4) is 0 Å². The number of aliphatic imine (C=N–C) groups is 1. The molecule has 1 aliphatic carbocycles. The molecule has 1 aliphatic rings. The predicted octanol–water partition coefficient (Wildman–Crippen LogP) is 7.31. The van der Waals surface area contributed by atoms with E-state index in [-0.39, 0.29) is 17.0 Å². The molecule has 8 heteroatoms. The van der Waals surface area contributed by atoms with Crippen LogP contribution >= 0.6 is 0 Å². The van der Waals surface area contributed by atoms with Crippen LogP contribution in [0.4, 0.5) is 4.39 Å². The molecule has 0 aliphatic heterocycles. The Kier molecular flexibility index (Phi) is 11.1. The van der Waals surface area contributed by atoms with Crippen molar-refractivity contribution in [1.29, 1.82) is 0 Å². The Morgan fingerprint density at radius 1 is 1.02 bits per heavy atom. The van der Waals surface area contributed by atoms with Gasteiger partial charge in [-0.3, -0.25) is 14.4 Å². The van der Waals surface area contributed by atoms with Gasteiger partial charge in [-0.05, 0) is 142 Å². The molecule has 2 aromatic carbocycles. The highest BCUT2D eigenvalue weighted by molar-refractivity contribution is 5.91. The van der Waals surface area contributed by atoms with E-state index >= 15 is 4.39 Å². The number of benzene rings is 2. The standard InChI is InChI=1S/C38H48FN3O4/c1-22(2)13-33(42-21-28(11-12-41(7)8)23(3)17-34(42)43)38(46)40-20-31(19-35(44)45)32-18-30(16-26(6)37(32)39)36-24(4)14-29(15-25(36)5)27-9-10-27/h14-18,20-22,27,31,33H,9-13,19H2,1-8H3,(H,44,45). The molecule has 2 atom stereocenters. The van der Waals surface area contributed by atoms with Crippen LogP contribution in [-0.2, 0) is 16.0 Å². The number of amides is 1. The van der Waals surface area contributed by atoms with Crippen LogP contribution in [0.5, 0.6) is 0 Å². The minimum atomic E-state index is -1.13. The first-order valence-corrected chi connectivity index (χ1v) is 16.2. The fraction of sp³-hybridized carbons (Fsp3) is 0.474. The number of carboxylic acid groups (broad SMARTS) is 1. The fourth-order valence-electron chi connectivity index (χ4n) is 6.31. The summed E-state index contributed by atoms with van der Waals surface area (Å²) >= 11 is 0. The highest BCUT2D eigenvalue weighted by Gasteiger charge is 2.27. The lowest BCUT2D eigenvalue weighted by Crippen LogP contribution is -2.31. The molecule has 1 heterocycles. The summed E-state index contributed by atoms with van der Waals surface area (Å²) in [6.45, 7) is 12.4. The van der Waals surface area contributed by atoms with Gasteiger partial charge in [-0.1, -0.05) is 26.0 Å². The lowest BCUT2D eigenvalue weighted by molar-refractivity contribution is -0.137. The number of carbonyl (C=O) groups excluding carboxylic acids is 1. The largest absolute Gasteiger partial charge is 0.481 e. The minimum absolute atomic E-state index is 0.0759. The van der Waals surface area contributed by atoms with E-state index < -0.39 is 36.1 Å². The number of hydrogen-bond donors (Lipinski definition) is 1. The van der Waals surface area contributed by atoms with E-state index in [1.54, 1.807) is 31.3 Å². The molecule has 1 fully saturated rings. The highest BCUT2D eigenvalue weighted by Crippen LogP contribution is 2.43. The van der Waals surface area contributed by atoms with Crippen LogP contribution in [0, 0.1) is 39.4 Å². The highest BCUT2D eigenvalue weighted by atomic mass is 19.1. The van der Waals surface area contributed by atoms with Gasteiger partial charge in [0.15, 0.2) is 0 Å². The molecular weight excluding hydrogens is 581 g/mol. The number of aliphatic carboxylic acids is 1. The van der Waals surface area contributed by atoms with E-state index in [1.165, 1.54) is 29.2 Å². The van der Waals surface area contributed by atoms with Crippen molar-refractivity contribution in [2.75, 3.05) is 20.6 Å². The summed E-state index contributed by atoms with van der Waals surface area (Å²) in [5.41, 5.74) is 7.39. The Morgan fingerprint density at radius 3 is 2.24 bits per heavy atom. The zero-order valence-corrected chi connectivity index (χ0v) is 28.5. The van der Waals surface area contributed by atoms with Gasteiger partial charge in [-0.2, -0.15) is 0 Å². The fourth-order valence-corrected chi connectivity index (χ4v) is 6.31. The Bertz CT molecular complexity index is 1680. The Morgan fingerprint density at radius 2 is 1.67 bits per heavy atom. The SMILES string of the molecule is Cc1cc(=O)n(C(CC(C)C)C(=O)N=CC(CC(=O)O)c2cc(-c3c(C)cc(C4CC4)cc3C)cc(C)c2F)cc1CCN(C)C. The van der Waals surface area contributed by atoms with Crippen LogP contribution in [-0.4, -0.2) is 53.3 Å². The second-order valence-electron chi connectivity index (χ2n) is 13.7. The van der Waals surface area contributed by atoms with Crippen LogP contribution in [0.25, 0.3) is 11.1 Å². The number of likely N-dealkylation sites (N-methyl/N-ethyl adjacent to an activating group) is 1. The topological polar surface area (TPSA) is 92.0 Å². The van der Waals surface area contributed by atoms with E-state index in [0.717, 1.165) is 39.9 Å². The van der Waals surface area contributed by atoms with Gasteiger partial charge in [-0.15, -0.1) is 0 Å². The van der Waals surface area contributed by atoms with E-state index in [2.05, 4.69) is 35.9 Å². The molecule has 1 saturated carbocycles. The van der Waals surface area contributed by atoms with Crippen molar-refractivity contribution in [1.82, 2.24) is 9.47 Å². The number of nitrogens with zero attached hydrogens (tertiary/aromatic N) is 3. The minimum Gasteiger partial charge on any atom is -0.481 e. The van der Waals surface area contributed by atoms with E-state index in [4.69, 9.17) is 0 Å². The van der Waals surface area contributed by atoms with Crippen LogP contribution in [0.15, 0.2) is 46.3 Å². The second-order valence-corrected chi connectivity index (χ2v) is 13.7. The number of hydrogen-bond acceptors (Lipinski definition) is 4. The lowest BCUT2D eigenvalue weighted by atomic mass is 9.87. The molecule has 1 aromatic heterocycles. The number of carboxylic acids is 1. The summed E-state index contributed by atoms with van der Waals surface area (Å²) in [5.74, 6) is -2.53. The molecule has 2 unspecified atom stereocenters. The first kappa shape index (κ1) is 35.0. The molecular formula is C38H48FN3O4. The lowest BCUT2D eigenvalue weighted by Gasteiger charge is -2.21. The van der Waals surface area contributed by atoms with Gasteiger partial charge in [-0.25, -0.2) is 9.38 Å². The number of aromatic nitrogens is 1. The van der Waals surface area contributed by atoms with Gasteiger partial charge in [0, 0.05) is 30.9 Å². The molecule has 4 rings (SSSR count). The van der Waals surface area contributed by atoms with E-state index in [9.17, 15) is 19.5 Å². The molecule has 1 amide bonds. The first-order chi connectivity index (χ1) is 21.7. The average Bonchev–Trinajstić information content (AvgIpc) is 3.80. The number of rotatable bonds is 13. The third kappa shape index (κ3) is 8.46. The van der Waals surface area contributed by atoms with Crippen molar-refractivity contribution in [3.05, 3.63) is 91.6 Å². The number of halogens is 1. The average molecular weight is 630 g/mol. The molecule has 246 valence electrons. The van der Waals surface area contributed by atoms with Crippen molar-refractivity contribution in [3.63, 3.8) is 0 Å². The summed E-state index contributed by atoms with van der Waals surface area (Å²) in [5, 5.41) is 9.80. The summed E-state index contributed by atoms with van der Waals surface area (Å²) in [6.07, 6.45) is 6.04. The monoisotopic (exact) mass is 629 g/mol. The quantitative estimate of drug-likeness (QED) is 0.200. The van der Waals surface area contributed by atoms with E-state index in [0.29, 0.717) is 24.3 Å². The third-order valence-corrected chi connectivity index (χ3v) is 8.89. The molecule has 0 radical (unpaired) electrons. The molecule has 0 saturated heterocycles.